The first-order valence-corrected chi connectivity index (χ1v) is 8.68. The number of anilines is 3. The fourth-order valence-corrected chi connectivity index (χ4v) is 2.42. The Morgan fingerprint density at radius 2 is 1.96 bits per heavy atom. The molecule has 7 heteroatoms. The van der Waals surface area contributed by atoms with Crippen LogP contribution in [0.5, 0.6) is 0 Å². The molecule has 0 fully saturated rings. The number of aryl methyl sites for hydroxylation is 2. The Labute approximate surface area is 153 Å². The summed E-state index contributed by atoms with van der Waals surface area (Å²) in [6, 6.07) is 6.81. The third kappa shape index (κ3) is 5.60. The first-order valence-electron chi connectivity index (χ1n) is 8.30. The minimum absolute atomic E-state index is 0.279. The maximum atomic E-state index is 12.2. The molecule has 0 bridgehead atoms. The lowest BCUT2D eigenvalue weighted by Gasteiger charge is -2.18. The van der Waals surface area contributed by atoms with E-state index in [2.05, 4.69) is 32.4 Å². The predicted octanol–water partition coefficient (Wildman–Crippen LogP) is 4.63. The molecular weight excluding hydrogens is 338 g/mol. The Balaban J connectivity index is 2.06. The fraction of sp³-hybridized carbons (Fsp3) is 0.389. The third-order valence-corrected chi connectivity index (χ3v) is 4.14. The number of nitrogens with one attached hydrogen (secondary N) is 2. The van der Waals surface area contributed by atoms with E-state index >= 15 is 0 Å². The van der Waals surface area contributed by atoms with E-state index in [1.165, 1.54) is 0 Å². The van der Waals surface area contributed by atoms with Crippen LogP contribution in [0.25, 0.3) is 0 Å². The number of hydrogen-bond acceptors (Lipinski definition) is 4. The minimum Gasteiger partial charge on any atom is -0.360 e. The summed E-state index contributed by atoms with van der Waals surface area (Å²) in [6.45, 7) is 6.81. The second-order valence-corrected chi connectivity index (χ2v) is 6.42. The fourth-order valence-electron chi connectivity index (χ4n) is 2.30. The molecule has 25 heavy (non-hydrogen) atoms. The summed E-state index contributed by atoms with van der Waals surface area (Å²) < 4.78 is 0. The lowest BCUT2D eigenvalue weighted by atomic mass is 10.2. The van der Waals surface area contributed by atoms with Crippen LogP contribution in [0.3, 0.4) is 0 Å². The Kier molecular flexibility index (Phi) is 6.58. The summed E-state index contributed by atoms with van der Waals surface area (Å²) >= 11 is 5.99. The van der Waals surface area contributed by atoms with Crippen LogP contribution in [-0.2, 0) is 0 Å². The van der Waals surface area contributed by atoms with Gasteiger partial charge in [0.1, 0.15) is 5.82 Å². The molecule has 2 N–H and O–H groups in total. The van der Waals surface area contributed by atoms with Gasteiger partial charge < -0.3 is 10.2 Å². The van der Waals surface area contributed by atoms with Gasteiger partial charge in [0.2, 0.25) is 5.95 Å². The van der Waals surface area contributed by atoms with Crippen LogP contribution in [0.2, 0.25) is 5.02 Å². The largest absolute Gasteiger partial charge is 0.360 e. The summed E-state index contributed by atoms with van der Waals surface area (Å²) in [6.07, 6.45) is 2.20. The summed E-state index contributed by atoms with van der Waals surface area (Å²) in [5.41, 5.74) is 2.35. The number of carbonyl (C=O) groups is 1. The number of unbranched alkanes of at least 4 members (excludes halogenated alkanes) is 1. The summed E-state index contributed by atoms with van der Waals surface area (Å²) in [5.74, 6) is 1.07. The Hall–Kier alpha value is -2.34. The van der Waals surface area contributed by atoms with Crippen molar-refractivity contribution in [3.8, 4) is 0 Å². The van der Waals surface area contributed by atoms with E-state index in [0.717, 1.165) is 36.5 Å². The van der Waals surface area contributed by atoms with Gasteiger partial charge in [0, 0.05) is 36.1 Å². The number of rotatable bonds is 6. The van der Waals surface area contributed by atoms with Crippen LogP contribution in [0, 0.1) is 13.8 Å². The molecule has 2 amide bonds. The smallest absolute Gasteiger partial charge is 0.326 e. The van der Waals surface area contributed by atoms with E-state index in [-0.39, 0.29) is 5.95 Å². The Bertz CT molecular complexity index is 750. The van der Waals surface area contributed by atoms with Crippen molar-refractivity contribution >= 4 is 35.1 Å². The van der Waals surface area contributed by atoms with Crippen molar-refractivity contribution < 1.29 is 4.79 Å². The van der Waals surface area contributed by atoms with E-state index in [1.807, 2.05) is 33.0 Å². The van der Waals surface area contributed by atoms with Gasteiger partial charge in [-0.05, 0) is 44.0 Å². The van der Waals surface area contributed by atoms with E-state index in [0.29, 0.717) is 10.7 Å². The first kappa shape index (κ1) is 19.0. The molecule has 0 saturated heterocycles. The van der Waals surface area contributed by atoms with Gasteiger partial charge in [0.05, 0.1) is 0 Å². The normalized spacial score (nSPS) is 10.4. The number of carbonyl (C=O) groups excluding carboxylic acids is 1. The zero-order valence-electron chi connectivity index (χ0n) is 15.1. The Morgan fingerprint density at radius 3 is 2.64 bits per heavy atom. The predicted molar refractivity (Wildman–Crippen MR) is 104 cm³/mol. The highest BCUT2D eigenvalue weighted by Crippen LogP contribution is 2.20. The molecule has 1 heterocycles. The van der Waals surface area contributed by atoms with Crippen molar-refractivity contribution in [3.63, 3.8) is 0 Å². The van der Waals surface area contributed by atoms with Crippen LogP contribution in [0.4, 0.5) is 22.2 Å². The molecule has 0 atom stereocenters. The van der Waals surface area contributed by atoms with Crippen molar-refractivity contribution in [1.82, 2.24) is 9.97 Å². The van der Waals surface area contributed by atoms with Crippen molar-refractivity contribution in [3.05, 3.63) is 40.5 Å². The van der Waals surface area contributed by atoms with Gasteiger partial charge in [0.25, 0.3) is 0 Å². The molecule has 0 aliphatic heterocycles. The topological polar surface area (TPSA) is 70.2 Å². The molecule has 1 aromatic heterocycles. The van der Waals surface area contributed by atoms with Gasteiger partial charge in [-0.25, -0.2) is 9.78 Å². The molecule has 6 nitrogen and oxygen atoms in total. The van der Waals surface area contributed by atoms with Crippen LogP contribution < -0.4 is 15.5 Å². The quantitative estimate of drug-likeness (QED) is 0.787. The van der Waals surface area contributed by atoms with Gasteiger partial charge in [-0.15, -0.1) is 0 Å². The van der Waals surface area contributed by atoms with Gasteiger partial charge in [0.15, 0.2) is 0 Å². The molecule has 0 spiro atoms. The molecule has 2 aromatic rings. The number of aromatic nitrogens is 2. The third-order valence-electron chi connectivity index (χ3n) is 3.72. The first-order chi connectivity index (χ1) is 11.9. The molecule has 0 aliphatic rings. The standard InChI is InChI=1S/C18H24ClN5O/c1-5-6-9-24(4)16-11-13(3)20-17(22-16)23-18(25)21-14-7-8-15(19)12(2)10-14/h7-8,10-11H,5-6,9H2,1-4H3,(H2,20,21,22,23,25). The highest BCUT2D eigenvalue weighted by Gasteiger charge is 2.10. The summed E-state index contributed by atoms with van der Waals surface area (Å²) in [5, 5.41) is 6.10. The second-order valence-electron chi connectivity index (χ2n) is 6.01. The van der Waals surface area contributed by atoms with Crippen molar-refractivity contribution in [1.29, 1.82) is 0 Å². The van der Waals surface area contributed by atoms with Gasteiger partial charge in [-0.2, -0.15) is 4.98 Å². The highest BCUT2D eigenvalue weighted by molar-refractivity contribution is 6.31. The molecule has 134 valence electrons. The van der Waals surface area contributed by atoms with Crippen LogP contribution in [0.1, 0.15) is 31.0 Å². The van der Waals surface area contributed by atoms with Gasteiger partial charge in [-0.1, -0.05) is 24.9 Å². The van der Waals surface area contributed by atoms with E-state index < -0.39 is 6.03 Å². The number of amides is 2. The molecule has 2 rings (SSSR count). The summed E-state index contributed by atoms with van der Waals surface area (Å²) in [4.78, 5) is 23.0. The van der Waals surface area contributed by atoms with Gasteiger partial charge >= 0.3 is 6.03 Å². The lowest BCUT2D eigenvalue weighted by molar-refractivity contribution is 0.262. The second kappa shape index (κ2) is 8.67. The maximum Gasteiger partial charge on any atom is 0.326 e. The zero-order chi connectivity index (χ0) is 18.4. The van der Waals surface area contributed by atoms with Crippen molar-refractivity contribution in [2.75, 3.05) is 29.1 Å². The van der Waals surface area contributed by atoms with E-state index in [9.17, 15) is 4.79 Å². The number of hydrogen-bond donors (Lipinski definition) is 2. The number of urea groups is 1. The minimum atomic E-state index is -0.394. The highest BCUT2D eigenvalue weighted by atomic mass is 35.5. The molecule has 0 radical (unpaired) electrons. The molecular formula is C18H24ClN5O. The van der Waals surface area contributed by atoms with Crippen LogP contribution in [-0.4, -0.2) is 29.6 Å². The van der Waals surface area contributed by atoms with Crippen molar-refractivity contribution in [2.24, 2.45) is 0 Å². The summed E-state index contributed by atoms with van der Waals surface area (Å²) in [7, 11) is 1.98. The number of benzene rings is 1. The maximum absolute atomic E-state index is 12.2. The SMILES string of the molecule is CCCCN(C)c1cc(C)nc(NC(=O)Nc2ccc(Cl)c(C)c2)n1. The van der Waals surface area contributed by atoms with Crippen molar-refractivity contribution in [2.45, 2.75) is 33.6 Å². The van der Waals surface area contributed by atoms with Crippen LogP contribution in [0.15, 0.2) is 24.3 Å². The Morgan fingerprint density at radius 1 is 1.20 bits per heavy atom. The molecule has 0 unspecified atom stereocenters. The lowest BCUT2D eigenvalue weighted by Crippen LogP contribution is -2.24. The molecule has 0 saturated carbocycles. The monoisotopic (exact) mass is 361 g/mol. The van der Waals surface area contributed by atoms with Gasteiger partial charge in [-0.3, -0.25) is 5.32 Å². The number of halogens is 1. The van der Waals surface area contributed by atoms with E-state index in [4.69, 9.17) is 11.6 Å². The molecule has 1 aromatic carbocycles. The average molecular weight is 362 g/mol. The number of nitrogens with zero attached hydrogens (tertiary/aromatic N) is 3. The van der Waals surface area contributed by atoms with Crippen LogP contribution >= 0.6 is 11.6 Å². The zero-order valence-corrected chi connectivity index (χ0v) is 15.8. The van der Waals surface area contributed by atoms with E-state index in [1.54, 1.807) is 12.1 Å². The average Bonchev–Trinajstić information content (AvgIpc) is 2.55. The molecule has 0 aliphatic carbocycles.